The van der Waals surface area contributed by atoms with E-state index in [-0.39, 0.29) is 17.7 Å². The molecular weight excluding hydrogens is 296 g/mol. The molecule has 0 radical (unpaired) electrons. The highest BCUT2D eigenvalue weighted by Gasteiger charge is 2.25. The van der Waals surface area contributed by atoms with E-state index in [9.17, 15) is 9.59 Å². The quantitative estimate of drug-likeness (QED) is 0.824. The fraction of sp³-hybridized carbons (Fsp3) is 0.562. The zero-order valence-electron chi connectivity index (χ0n) is 13.8. The summed E-state index contributed by atoms with van der Waals surface area (Å²) in [4.78, 5) is 30.8. The molecule has 2 rings (SSSR count). The summed E-state index contributed by atoms with van der Waals surface area (Å²) in [7, 11) is 1.54. The van der Waals surface area contributed by atoms with E-state index in [1.165, 1.54) is 0 Å². The summed E-state index contributed by atoms with van der Waals surface area (Å²) in [5.74, 6) is 0.117. The molecule has 1 aliphatic heterocycles. The Morgan fingerprint density at radius 1 is 1.22 bits per heavy atom. The fourth-order valence-electron chi connectivity index (χ4n) is 2.30. The minimum absolute atomic E-state index is 0.183. The number of hydrogen-bond donors (Lipinski definition) is 2. The Morgan fingerprint density at radius 2 is 1.91 bits per heavy atom. The lowest BCUT2D eigenvalue weighted by molar-refractivity contribution is -0.130. The van der Waals surface area contributed by atoms with E-state index in [0.717, 1.165) is 18.9 Å². The van der Waals surface area contributed by atoms with Crippen LogP contribution in [0.25, 0.3) is 0 Å². The van der Waals surface area contributed by atoms with Crippen molar-refractivity contribution in [2.45, 2.75) is 19.9 Å². The average Bonchev–Trinajstić information content (AvgIpc) is 2.59. The third-order valence-corrected chi connectivity index (χ3v) is 3.71. The number of likely N-dealkylation sites (N-methyl/N-ethyl adjacent to an activating group) is 1. The number of aromatic nitrogens is 1. The third kappa shape index (κ3) is 4.41. The second kappa shape index (κ2) is 7.92. The Kier molecular flexibility index (Phi) is 5.92. The molecule has 0 aliphatic carbocycles. The van der Waals surface area contributed by atoms with Crippen LogP contribution in [-0.4, -0.2) is 50.1 Å². The van der Waals surface area contributed by atoms with Crippen molar-refractivity contribution < 1.29 is 14.3 Å². The largest absolute Gasteiger partial charge is 0.378 e. The zero-order valence-corrected chi connectivity index (χ0v) is 13.8. The first-order valence-corrected chi connectivity index (χ1v) is 7.84. The van der Waals surface area contributed by atoms with Crippen LogP contribution in [0.3, 0.4) is 0 Å². The fourth-order valence-corrected chi connectivity index (χ4v) is 2.30. The van der Waals surface area contributed by atoms with Crippen molar-refractivity contribution in [2.24, 2.45) is 5.92 Å². The predicted octanol–water partition coefficient (Wildman–Crippen LogP) is 0.477. The highest BCUT2D eigenvalue weighted by Crippen LogP contribution is 2.18. The molecule has 2 heterocycles. The van der Waals surface area contributed by atoms with Crippen molar-refractivity contribution in [3.63, 3.8) is 0 Å². The van der Waals surface area contributed by atoms with Gasteiger partial charge in [-0.25, -0.2) is 4.98 Å². The monoisotopic (exact) mass is 320 g/mol. The Labute approximate surface area is 136 Å². The maximum atomic E-state index is 12.2. The van der Waals surface area contributed by atoms with Crippen molar-refractivity contribution in [1.82, 2.24) is 15.6 Å². The van der Waals surface area contributed by atoms with Gasteiger partial charge in [-0.1, -0.05) is 19.9 Å². The maximum absolute atomic E-state index is 12.2. The van der Waals surface area contributed by atoms with Crippen LogP contribution in [0.2, 0.25) is 0 Å². The molecule has 1 atom stereocenters. The van der Waals surface area contributed by atoms with E-state index in [0.29, 0.717) is 18.9 Å². The number of carbonyl (C=O) groups is 2. The molecule has 1 saturated heterocycles. The summed E-state index contributed by atoms with van der Waals surface area (Å²) >= 11 is 0. The van der Waals surface area contributed by atoms with Crippen LogP contribution in [-0.2, 0) is 14.3 Å². The number of morpholine rings is 1. The zero-order chi connectivity index (χ0) is 16.8. The predicted molar refractivity (Wildman–Crippen MR) is 87.1 cm³/mol. The lowest BCUT2D eigenvalue weighted by Crippen LogP contribution is -2.41. The van der Waals surface area contributed by atoms with E-state index >= 15 is 0 Å². The molecule has 7 nitrogen and oxygen atoms in total. The SMILES string of the molecule is CNC(=O)C(NC(=O)C(C)C)c1cccc(N2CCOCC2)n1. The number of pyridine rings is 1. The van der Waals surface area contributed by atoms with E-state index in [1.54, 1.807) is 27.0 Å². The molecule has 0 saturated carbocycles. The number of amides is 2. The van der Waals surface area contributed by atoms with Crippen molar-refractivity contribution in [2.75, 3.05) is 38.3 Å². The standard InChI is InChI=1S/C16H24N4O3/c1-11(2)15(21)19-14(16(22)17-3)12-5-4-6-13(18-12)20-7-9-23-10-8-20/h4-6,11,14H,7-10H2,1-3H3,(H,17,22)(H,19,21). The smallest absolute Gasteiger partial charge is 0.248 e. The van der Waals surface area contributed by atoms with E-state index in [2.05, 4.69) is 20.5 Å². The van der Waals surface area contributed by atoms with Gasteiger partial charge in [-0.3, -0.25) is 9.59 Å². The molecule has 0 bridgehead atoms. The van der Waals surface area contributed by atoms with Crippen molar-refractivity contribution in [3.8, 4) is 0 Å². The Morgan fingerprint density at radius 3 is 2.52 bits per heavy atom. The van der Waals surface area contributed by atoms with Crippen molar-refractivity contribution >= 4 is 17.6 Å². The minimum Gasteiger partial charge on any atom is -0.378 e. The van der Waals surface area contributed by atoms with Gasteiger partial charge in [-0.2, -0.15) is 0 Å². The Balaban J connectivity index is 2.23. The van der Waals surface area contributed by atoms with E-state index in [4.69, 9.17) is 4.74 Å². The van der Waals surface area contributed by atoms with Crippen molar-refractivity contribution in [3.05, 3.63) is 23.9 Å². The van der Waals surface area contributed by atoms with Gasteiger partial charge in [-0.15, -0.1) is 0 Å². The second-order valence-electron chi connectivity index (χ2n) is 5.73. The first-order chi connectivity index (χ1) is 11.0. The van der Waals surface area contributed by atoms with Gasteiger partial charge in [0.2, 0.25) is 11.8 Å². The van der Waals surface area contributed by atoms with Gasteiger partial charge < -0.3 is 20.3 Å². The average molecular weight is 320 g/mol. The van der Waals surface area contributed by atoms with E-state index < -0.39 is 6.04 Å². The number of anilines is 1. The first-order valence-electron chi connectivity index (χ1n) is 7.84. The highest BCUT2D eigenvalue weighted by molar-refractivity contribution is 5.88. The van der Waals surface area contributed by atoms with Crippen molar-refractivity contribution in [1.29, 1.82) is 0 Å². The summed E-state index contributed by atoms with van der Waals surface area (Å²) in [6.45, 7) is 6.42. The molecule has 0 spiro atoms. The molecule has 126 valence electrons. The Hall–Kier alpha value is -2.15. The molecular formula is C16H24N4O3. The van der Waals surface area contributed by atoms with Gasteiger partial charge in [0.1, 0.15) is 5.82 Å². The summed E-state index contributed by atoms with van der Waals surface area (Å²) in [6, 6.07) is 4.71. The van der Waals surface area contributed by atoms with Crippen LogP contribution in [0.15, 0.2) is 18.2 Å². The number of hydrogen-bond acceptors (Lipinski definition) is 5. The third-order valence-electron chi connectivity index (χ3n) is 3.71. The van der Waals surface area contributed by atoms with Gasteiger partial charge in [0, 0.05) is 26.1 Å². The van der Waals surface area contributed by atoms with Crippen LogP contribution in [0, 0.1) is 5.92 Å². The summed E-state index contributed by atoms with van der Waals surface area (Å²) < 4.78 is 5.34. The molecule has 7 heteroatoms. The summed E-state index contributed by atoms with van der Waals surface area (Å²) in [5, 5.41) is 5.34. The molecule has 2 amide bonds. The molecule has 0 aromatic carbocycles. The van der Waals surface area contributed by atoms with E-state index in [1.807, 2.05) is 12.1 Å². The maximum Gasteiger partial charge on any atom is 0.248 e. The minimum atomic E-state index is -0.795. The molecule has 1 fully saturated rings. The Bertz CT molecular complexity index is 556. The van der Waals surface area contributed by atoms with Crippen LogP contribution in [0.5, 0.6) is 0 Å². The number of carbonyl (C=O) groups excluding carboxylic acids is 2. The number of ether oxygens (including phenoxy) is 1. The highest BCUT2D eigenvalue weighted by atomic mass is 16.5. The number of nitrogens with zero attached hydrogens (tertiary/aromatic N) is 2. The molecule has 23 heavy (non-hydrogen) atoms. The van der Waals surface area contributed by atoms with Gasteiger partial charge in [0.05, 0.1) is 18.9 Å². The lowest BCUT2D eigenvalue weighted by atomic mass is 10.1. The molecule has 1 aliphatic rings. The normalized spacial score (nSPS) is 16.1. The second-order valence-corrected chi connectivity index (χ2v) is 5.73. The van der Waals surface area contributed by atoms with Crippen LogP contribution in [0.1, 0.15) is 25.6 Å². The van der Waals surface area contributed by atoms with Gasteiger partial charge >= 0.3 is 0 Å². The first kappa shape index (κ1) is 17.2. The van der Waals surface area contributed by atoms with Gasteiger partial charge in [-0.05, 0) is 12.1 Å². The topological polar surface area (TPSA) is 83.6 Å². The molecule has 2 N–H and O–H groups in total. The number of rotatable bonds is 5. The summed E-state index contributed by atoms with van der Waals surface area (Å²) in [5.41, 5.74) is 0.530. The molecule has 1 aromatic heterocycles. The van der Waals surface area contributed by atoms with Crippen LogP contribution in [0.4, 0.5) is 5.82 Å². The molecule has 1 aromatic rings. The lowest BCUT2D eigenvalue weighted by Gasteiger charge is -2.28. The van der Waals surface area contributed by atoms with Crippen LogP contribution < -0.4 is 15.5 Å². The number of nitrogens with one attached hydrogen (secondary N) is 2. The van der Waals surface area contributed by atoms with Gasteiger partial charge in [0.15, 0.2) is 6.04 Å². The summed E-state index contributed by atoms with van der Waals surface area (Å²) in [6.07, 6.45) is 0. The van der Waals surface area contributed by atoms with Crippen LogP contribution >= 0.6 is 0 Å². The van der Waals surface area contributed by atoms with Gasteiger partial charge in [0.25, 0.3) is 0 Å². The molecule has 1 unspecified atom stereocenters.